The minimum Gasteiger partial charge on any atom is -0.481 e. The molecule has 0 aliphatic heterocycles. The number of carboxylic acid groups (broad SMARTS) is 1. The van der Waals surface area contributed by atoms with Crippen molar-refractivity contribution in [3.63, 3.8) is 0 Å². The maximum Gasteiger partial charge on any atom is 0.305 e. The third-order valence-corrected chi connectivity index (χ3v) is 3.80. The van der Waals surface area contributed by atoms with Crippen molar-refractivity contribution in [1.82, 2.24) is 10.3 Å². The number of carbonyl (C=O) groups excluding carboxylic acids is 1. The molecule has 0 aromatic carbocycles. The SMILES string of the molecule is N#Cc1ccc(C(=O)NC2(CC(=O)O)CCCCC2)nc1. The summed E-state index contributed by atoms with van der Waals surface area (Å²) >= 11 is 0. The van der Waals surface area contributed by atoms with Gasteiger partial charge in [0, 0.05) is 6.20 Å². The third kappa shape index (κ3) is 3.78. The van der Waals surface area contributed by atoms with Gasteiger partial charge in [-0.2, -0.15) is 5.26 Å². The van der Waals surface area contributed by atoms with Crippen LogP contribution in [0.25, 0.3) is 0 Å². The molecule has 1 aromatic rings. The van der Waals surface area contributed by atoms with Crippen molar-refractivity contribution in [2.75, 3.05) is 0 Å². The maximum absolute atomic E-state index is 12.2. The lowest BCUT2D eigenvalue weighted by atomic mass is 9.79. The molecule has 6 heteroatoms. The van der Waals surface area contributed by atoms with Crippen LogP contribution in [0.1, 0.15) is 54.6 Å². The van der Waals surface area contributed by atoms with Crippen LogP contribution in [0.15, 0.2) is 18.3 Å². The van der Waals surface area contributed by atoms with Crippen LogP contribution in [0.3, 0.4) is 0 Å². The molecule has 110 valence electrons. The summed E-state index contributed by atoms with van der Waals surface area (Å²) in [4.78, 5) is 27.3. The molecule has 1 aliphatic rings. The number of aliphatic carboxylic acids is 1. The molecule has 1 fully saturated rings. The summed E-state index contributed by atoms with van der Waals surface area (Å²) in [6.07, 6.45) is 5.48. The predicted octanol–water partition coefficient (Wildman–Crippen LogP) is 1.86. The van der Waals surface area contributed by atoms with Crippen molar-refractivity contribution in [1.29, 1.82) is 5.26 Å². The smallest absolute Gasteiger partial charge is 0.305 e. The van der Waals surface area contributed by atoms with Gasteiger partial charge in [0.15, 0.2) is 0 Å². The summed E-state index contributed by atoms with van der Waals surface area (Å²) < 4.78 is 0. The van der Waals surface area contributed by atoms with Gasteiger partial charge in [0.05, 0.1) is 17.5 Å². The first kappa shape index (κ1) is 15.0. The Kier molecular flexibility index (Phi) is 4.53. The summed E-state index contributed by atoms with van der Waals surface area (Å²) in [6, 6.07) is 4.93. The highest BCUT2D eigenvalue weighted by molar-refractivity contribution is 5.93. The van der Waals surface area contributed by atoms with Crippen LogP contribution in [-0.4, -0.2) is 27.5 Å². The summed E-state index contributed by atoms with van der Waals surface area (Å²) in [5, 5.41) is 20.6. The zero-order valence-corrected chi connectivity index (χ0v) is 11.6. The van der Waals surface area contributed by atoms with Crippen LogP contribution in [0.2, 0.25) is 0 Å². The number of pyridine rings is 1. The van der Waals surface area contributed by atoms with Crippen LogP contribution in [0.5, 0.6) is 0 Å². The van der Waals surface area contributed by atoms with Crippen molar-refractivity contribution in [3.8, 4) is 6.07 Å². The van der Waals surface area contributed by atoms with Gasteiger partial charge in [-0.3, -0.25) is 9.59 Å². The second-order valence-corrected chi connectivity index (χ2v) is 5.41. The summed E-state index contributed by atoms with van der Waals surface area (Å²) in [6.45, 7) is 0. The van der Waals surface area contributed by atoms with Crippen LogP contribution >= 0.6 is 0 Å². The number of carboxylic acids is 1. The number of hydrogen-bond acceptors (Lipinski definition) is 4. The first-order valence-corrected chi connectivity index (χ1v) is 6.95. The molecular formula is C15H17N3O3. The van der Waals surface area contributed by atoms with Crippen molar-refractivity contribution in [2.45, 2.75) is 44.1 Å². The first-order valence-electron chi connectivity index (χ1n) is 6.95. The number of rotatable bonds is 4. The van der Waals surface area contributed by atoms with Crippen LogP contribution in [0.4, 0.5) is 0 Å². The van der Waals surface area contributed by atoms with Gasteiger partial charge in [0.2, 0.25) is 0 Å². The molecule has 1 aromatic heterocycles. The minimum absolute atomic E-state index is 0.0744. The fourth-order valence-corrected chi connectivity index (χ4v) is 2.76. The van der Waals surface area contributed by atoms with Gasteiger partial charge in [-0.05, 0) is 25.0 Å². The molecule has 2 N–H and O–H groups in total. The molecule has 21 heavy (non-hydrogen) atoms. The average Bonchev–Trinajstić information content (AvgIpc) is 2.47. The number of carbonyl (C=O) groups is 2. The lowest BCUT2D eigenvalue weighted by Crippen LogP contribution is -2.51. The number of hydrogen-bond donors (Lipinski definition) is 2. The molecule has 0 unspecified atom stereocenters. The van der Waals surface area contributed by atoms with Crippen LogP contribution in [0, 0.1) is 11.3 Å². The van der Waals surface area contributed by atoms with E-state index in [1.165, 1.54) is 18.3 Å². The van der Waals surface area contributed by atoms with E-state index in [2.05, 4.69) is 10.3 Å². The van der Waals surface area contributed by atoms with Crippen molar-refractivity contribution >= 4 is 11.9 Å². The number of amides is 1. The van der Waals surface area contributed by atoms with Crippen molar-refractivity contribution in [2.24, 2.45) is 0 Å². The van der Waals surface area contributed by atoms with E-state index < -0.39 is 11.5 Å². The second-order valence-electron chi connectivity index (χ2n) is 5.41. The number of nitrogens with zero attached hydrogens (tertiary/aromatic N) is 2. The first-order chi connectivity index (χ1) is 10.0. The van der Waals surface area contributed by atoms with Crippen molar-refractivity contribution < 1.29 is 14.7 Å². The highest BCUT2D eigenvalue weighted by Crippen LogP contribution is 2.31. The predicted molar refractivity (Wildman–Crippen MR) is 74.5 cm³/mol. The fourth-order valence-electron chi connectivity index (χ4n) is 2.76. The minimum atomic E-state index is -0.912. The van der Waals surface area contributed by atoms with Gasteiger partial charge in [0.1, 0.15) is 11.8 Å². The highest BCUT2D eigenvalue weighted by atomic mass is 16.4. The molecule has 0 atom stereocenters. The Hall–Kier alpha value is -2.42. The van der Waals surface area contributed by atoms with E-state index in [-0.39, 0.29) is 18.0 Å². The Bertz CT molecular complexity index is 569. The molecule has 1 aliphatic carbocycles. The summed E-state index contributed by atoms with van der Waals surface area (Å²) in [5.41, 5.74) is -0.106. The van der Waals surface area contributed by atoms with Gasteiger partial charge in [-0.1, -0.05) is 19.3 Å². The molecule has 6 nitrogen and oxygen atoms in total. The molecule has 0 radical (unpaired) electrons. The Balaban J connectivity index is 2.13. The number of aromatic nitrogens is 1. The van der Waals surface area contributed by atoms with E-state index in [0.29, 0.717) is 18.4 Å². The lowest BCUT2D eigenvalue weighted by Gasteiger charge is -2.36. The number of nitrogens with one attached hydrogen (secondary N) is 1. The van der Waals surface area contributed by atoms with Crippen molar-refractivity contribution in [3.05, 3.63) is 29.6 Å². The average molecular weight is 287 g/mol. The quantitative estimate of drug-likeness (QED) is 0.879. The third-order valence-electron chi connectivity index (χ3n) is 3.80. The van der Waals surface area contributed by atoms with Gasteiger partial charge >= 0.3 is 5.97 Å². The monoisotopic (exact) mass is 287 g/mol. The Morgan fingerprint density at radius 3 is 2.57 bits per heavy atom. The Morgan fingerprint density at radius 1 is 1.33 bits per heavy atom. The van der Waals surface area contributed by atoms with Gasteiger partial charge in [0.25, 0.3) is 5.91 Å². The van der Waals surface area contributed by atoms with E-state index >= 15 is 0 Å². The number of nitriles is 1. The van der Waals surface area contributed by atoms with E-state index in [1.807, 2.05) is 6.07 Å². The second kappa shape index (κ2) is 6.35. The maximum atomic E-state index is 12.2. The molecular weight excluding hydrogens is 270 g/mol. The lowest BCUT2D eigenvalue weighted by molar-refractivity contribution is -0.139. The van der Waals surface area contributed by atoms with Gasteiger partial charge in [-0.15, -0.1) is 0 Å². The van der Waals surface area contributed by atoms with E-state index in [4.69, 9.17) is 10.4 Å². The zero-order chi connectivity index (χ0) is 15.3. The molecule has 1 saturated carbocycles. The highest BCUT2D eigenvalue weighted by Gasteiger charge is 2.36. The molecule has 1 heterocycles. The largest absolute Gasteiger partial charge is 0.481 e. The van der Waals surface area contributed by atoms with E-state index in [0.717, 1.165) is 19.3 Å². The summed E-state index contributed by atoms with van der Waals surface area (Å²) in [7, 11) is 0. The van der Waals surface area contributed by atoms with E-state index in [9.17, 15) is 9.59 Å². The van der Waals surface area contributed by atoms with E-state index in [1.54, 1.807) is 0 Å². The molecule has 0 saturated heterocycles. The topological polar surface area (TPSA) is 103 Å². The van der Waals surface area contributed by atoms with Gasteiger partial charge < -0.3 is 10.4 Å². The standard InChI is InChI=1S/C15H17N3O3/c16-9-11-4-5-12(17-10-11)14(21)18-15(8-13(19)20)6-2-1-3-7-15/h4-5,10H,1-3,6-8H2,(H,18,21)(H,19,20). The molecule has 2 rings (SSSR count). The Labute approximate surface area is 122 Å². The van der Waals surface area contributed by atoms with Crippen LogP contribution < -0.4 is 5.32 Å². The molecule has 0 bridgehead atoms. The van der Waals surface area contributed by atoms with Crippen LogP contribution in [-0.2, 0) is 4.79 Å². The fraction of sp³-hybridized carbons (Fsp3) is 0.467. The normalized spacial score (nSPS) is 16.7. The molecule has 1 amide bonds. The summed E-state index contributed by atoms with van der Waals surface area (Å²) in [5.74, 6) is -1.30. The Morgan fingerprint density at radius 2 is 2.05 bits per heavy atom. The van der Waals surface area contributed by atoms with Gasteiger partial charge in [-0.25, -0.2) is 4.98 Å². The zero-order valence-electron chi connectivity index (χ0n) is 11.6. The molecule has 0 spiro atoms.